The van der Waals surface area contributed by atoms with Crippen LogP contribution in [0.2, 0.25) is 0 Å². The second-order valence-corrected chi connectivity index (χ2v) is 11.9. The number of fused-ring (bicyclic) bond motifs is 2. The molecular weight excluding hydrogens is 532 g/mol. The molecule has 2 fully saturated rings. The Morgan fingerprint density at radius 2 is 1.74 bits per heavy atom. The molecule has 2 aliphatic heterocycles. The minimum absolute atomic E-state index is 0.125. The number of aryl methyl sites for hydroxylation is 1. The molecule has 10 nitrogen and oxygen atoms in total. The first-order valence-corrected chi connectivity index (χ1v) is 14.9. The molecule has 3 aliphatic rings. The van der Waals surface area contributed by atoms with Crippen LogP contribution in [0.1, 0.15) is 48.9 Å². The predicted octanol–water partition coefficient (Wildman–Crippen LogP) is 2.42. The van der Waals surface area contributed by atoms with Crippen LogP contribution < -0.4 is 15.4 Å². The van der Waals surface area contributed by atoms with E-state index in [2.05, 4.69) is 20.9 Å². The summed E-state index contributed by atoms with van der Waals surface area (Å²) in [5.74, 6) is 0.528. The third-order valence-electron chi connectivity index (χ3n) is 9.16. The molecule has 3 aromatic rings. The Kier molecular flexibility index (Phi) is 7.70. The summed E-state index contributed by atoms with van der Waals surface area (Å²) in [6.07, 6.45) is 6.02. The van der Waals surface area contributed by atoms with Crippen molar-refractivity contribution >= 4 is 17.7 Å². The molecule has 10 heteroatoms. The third kappa shape index (κ3) is 5.62. The number of nitrogens with zero attached hydrogens (tertiary/aromatic N) is 4. The Morgan fingerprint density at radius 3 is 2.43 bits per heavy atom. The molecule has 1 aromatic heterocycles. The number of methoxy groups -OCH3 is 1. The summed E-state index contributed by atoms with van der Waals surface area (Å²) in [6.45, 7) is 2.04. The first-order chi connectivity index (χ1) is 20.4. The zero-order valence-electron chi connectivity index (χ0n) is 24.1. The summed E-state index contributed by atoms with van der Waals surface area (Å²) in [5.41, 5.74) is 1.44. The number of carbonyl (C=O) groups is 3. The fourth-order valence-electron chi connectivity index (χ4n) is 6.41. The fraction of sp³-hybridized carbons (Fsp3) is 0.469. The molecule has 0 radical (unpaired) electrons. The maximum Gasteiger partial charge on any atom is 0.242 e. The van der Waals surface area contributed by atoms with Gasteiger partial charge in [0.15, 0.2) is 0 Å². The molecule has 2 bridgehead atoms. The monoisotopic (exact) mass is 570 g/mol. The van der Waals surface area contributed by atoms with Crippen LogP contribution in [0.3, 0.4) is 0 Å². The fourth-order valence-corrected chi connectivity index (χ4v) is 6.41. The van der Waals surface area contributed by atoms with Gasteiger partial charge in [-0.15, -0.1) is 5.10 Å². The van der Waals surface area contributed by atoms with Gasteiger partial charge in [-0.1, -0.05) is 47.7 Å². The van der Waals surface area contributed by atoms with Crippen LogP contribution in [0, 0.1) is 5.41 Å². The van der Waals surface area contributed by atoms with Crippen molar-refractivity contribution in [3.63, 3.8) is 0 Å². The van der Waals surface area contributed by atoms with Gasteiger partial charge in [0.2, 0.25) is 17.7 Å². The van der Waals surface area contributed by atoms with E-state index in [1.807, 2.05) is 65.7 Å². The van der Waals surface area contributed by atoms with Gasteiger partial charge in [0.25, 0.3) is 0 Å². The van der Waals surface area contributed by atoms with Crippen molar-refractivity contribution in [3.8, 4) is 5.75 Å². The average molecular weight is 571 g/mol. The van der Waals surface area contributed by atoms with E-state index in [1.165, 1.54) is 0 Å². The van der Waals surface area contributed by atoms with E-state index in [0.717, 1.165) is 35.4 Å². The normalized spacial score (nSPS) is 21.7. The highest BCUT2D eigenvalue weighted by molar-refractivity contribution is 5.93. The number of ether oxygens (including phenoxy) is 1. The molecule has 42 heavy (non-hydrogen) atoms. The second-order valence-electron chi connectivity index (χ2n) is 11.9. The van der Waals surface area contributed by atoms with E-state index >= 15 is 0 Å². The Balaban J connectivity index is 1.23. The molecule has 220 valence electrons. The number of hydrogen-bond acceptors (Lipinski definition) is 6. The van der Waals surface area contributed by atoms with Gasteiger partial charge < -0.3 is 20.3 Å². The van der Waals surface area contributed by atoms with Gasteiger partial charge in [0.05, 0.1) is 23.6 Å². The highest BCUT2D eigenvalue weighted by Gasteiger charge is 2.54. The SMILES string of the molecule is COc1ccc(C2(C(=O)N3CCC4(CC3)Cc3cn(nn3)CCCNC(=O)[C@H](Cc3ccccc3)NC4=O)CC2)cc1. The topological polar surface area (TPSA) is 118 Å². The summed E-state index contributed by atoms with van der Waals surface area (Å²) in [4.78, 5) is 43.2. The van der Waals surface area contributed by atoms with Crippen molar-refractivity contribution < 1.29 is 19.1 Å². The number of amides is 3. The van der Waals surface area contributed by atoms with Crippen LogP contribution in [0.15, 0.2) is 60.8 Å². The molecule has 3 amide bonds. The van der Waals surface area contributed by atoms with E-state index in [4.69, 9.17) is 4.74 Å². The molecule has 1 spiro atoms. The van der Waals surface area contributed by atoms with Crippen LogP contribution in [0.25, 0.3) is 0 Å². The van der Waals surface area contributed by atoms with Crippen molar-refractivity contribution in [3.05, 3.63) is 77.6 Å². The number of carbonyl (C=O) groups excluding carboxylic acids is 3. The quantitative estimate of drug-likeness (QED) is 0.487. The third-order valence-corrected chi connectivity index (χ3v) is 9.16. The van der Waals surface area contributed by atoms with Crippen LogP contribution in [-0.2, 0) is 39.2 Å². The zero-order chi connectivity index (χ0) is 29.2. The predicted molar refractivity (Wildman–Crippen MR) is 156 cm³/mol. The van der Waals surface area contributed by atoms with E-state index in [-0.39, 0.29) is 17.7 Å². The largest absolute Gasteiger partial charge is 0.497 e. The van der Waals surface area contributed by atoms with Gasteiger partial charge in [-0.25, -0.2) is 0 Å². The molecule has 6 rings (SSSR count). The highest BCUT2D eigenvalue weighted by atomic mass is 16.5. The van der Waals surface area contributed by atoms with E-state index < -0.39 is 16.9 Å². The molecule has 3 heterocycles. The lowest BCUT2D eigenvalue weighted by Crippen LogP contribution is -2.57. The van der Waals surface area contributed by atoms with Crippen LogP contribution in [0.4, 0.5) is 0 Å². The molecule has 1 aliphatic carbocycles. The Morgan fingerprint density at radius 1 is 1.00 bits per heavy atom. The maximum absolute atomic E-state index is 14.2. The number of rotatable bonds is 5. The lowest BCUT2D eigenvalue weighted by molar-refractivity contribution is -0.143. The van der Waals surface area contributed by atoms with Crippen LogP contribution >= 0.6 is 0 Å². The number of benzene rings is 2. The van der Waals surface area contributed by atoms with Crippen molar-refractivity contribution in [1.29, 1.82) is 0 Å². The van der Waals surface area contributed by atoms with Crippen molar-refractivity contribution in [1.82, 2.24) is 30.5 Å². The summed E-state index contributed by atoms with van der Waals surface area (Å²) in [5, 5.41) is 14.8. The van der Waals surface area contributed by atoms with Crippen LogP contribution in [0.5, 0.6) is 5.75 Å². The number of aromatic nitrogens is 3. The zero-order valence-corrected chi connectivity index (χ0v) is 24.1. The van der Waals surface area contributed by atoms with Crippen molar-refractivity contribution in [2.45, 2.75) is 62.9 Å². The van der Waals surface area contributed by atoms with Gasteiger partial charge in [-0.2, -0.15) is 0 Å². The van der Waals surface area contributed by atoms with Gasteiger partial charge >= 0.3 is 0 Å². The van der Waals surface area contributed by atoms with Crippen molar-refractivity contribution in [2.24, 2.45) is 5.41 Å². The molecule has 2 N–H and O–H groups in total. The lowest BCUT2D eigenvalue weighted by atomic mass is 9.73. The Hall–Kier alpha value is -4.21. The molecule has 1 atom stereocenters. The number of piperidine rings is 1. The minimum Gasteiger partial charge on any atom is -0.497 e. The Bertz CT molecular complexity index is 1420. The number of hydrogen-bond donors (Lipinski definition) is 2. The Labute approximate surface area is 245 Å². The van der Waals surface area contributed by atoms with Gasteiger partial charge in [-0.05, 0) is 55.4 Å². The lowest BCUT2D eigenvalue weighted by Gasteiger charge is -2.42. The molecule has 2 aromatic carbocycles. The van der Waals surface area contributed by atoms with E-state index in [0.29, 0.717) is 58.3 Å². The summed E-state index contributed by atoms with van der Waals surface area (Å²) >= 11 is 0. The minimum atomic E-state index is -0.808. The molecule has 1 saturated carbocycles. The molecular formula is C32H38N6O4. The summed E-state index contributed by atoms with van der Waals surface area (Å²) < 4.78 is 7.07. The highest BCUT2D eigenvalue weighted by Crippen LogP contribution is 2.50. The van der Waals surface area contributed by atoms with E-state index in [9.17, 15) is 14.4 Å². The van der Waals surface area contributed by atoms with Crippen LogP contribution in [-0.4, -0.2) is 70.4 Å². The van der Waals surface area contributed by atoms with E-state index in [1.54, 1.807) is 11.8 Å². The molecule has 1 saturated heterocycles. The standard InChI is InChI=1S/C32H38N6O4/c1-42-26-10-8-24(9-11-26)32(12-13-32)30(41)37-18-14-31(15-19-37)21-25-22-38(36-35-25)17-5-16-33-28(39)27(34-29(31)40)20-23-6-3-2-4-7-23/h2-4,6-11,22,27H,5,12-21H2,1H3,(H,33,39)(H,34,40)/t27-/m0/s1. The van der Waals surface area contributed by atoms with Gasteiger partial charge in [0.1, 0.15) is 11.8 Å². The van der Waals surface area contributed by atoms with Gasteiger partial charge in [0, 0.05) is 45.2 Å². The summed E-state index contributed by atoms with van der Waals surface area (Å²) in [7, 11) is 1.63. The van der Waals surface area contributed by atoms with Gasteiger partial charge in [-0.3, -0.25) is 19.1 Å². The number of likely N-dealkylation sites (tertiary alicyclic amines) is 1. The summed E-state index contributed by atoms with van der Waals surface area (Å²) in [6, 6.07) is 16.8. The van der Waals surface area contributed by atoms with Crippen molar-refractivity contribution in [2.75, 3.05) is 26.7 Å². The average Bonchev–Trinajstić information content (AvgIpc) is 3.72. The second kappa shape index (κ2) is 11.6. The first-order valence-electron chi connectivity index (χ1n) is 14.9. The molecule has 0 unspecified atom stereocenters. The number of nitrogens with one attached hydrogen (secondary N) is 2. The smallest absolute Gasteiger partial charge is 0.242 e. The maximum atomic E-state index is 14.2. The first kappa shape index (κ1) is 27.9.